The van der Waals surface area contributed by atoms with Gasteiger partial charge in [0.1, 0.15) is 5.78 Å². The van der Waals surface area contributed by atoms with E-state index in [-0.39, 0.29) is 24.2 Å². The van der Waals surface area contributed by atoms with Crippen molar-refractivity contribution in [2.24, 2.45) is 0 Å². The first kappa shape index (κ1) is 11.8. The molecule has 0 bridgehead atoms. The van der Waals surface area contributed by atoms with Crippen molar-refractivity contribution < 1.29 is 9.59 Å². The van der Waals surface area contributed by atoms with Crippen LogP contribution in [0.2, 0.25) is 0 Å². The molecule has 17 heavy (non-hydrogen) atoms. The second-order valence-corrected chi connectivity index (χ2v) is 4.64. The highest BCUT2D eigenvalue weighted by Crippen LogP contribution is 2.24. The van der Waals surface area contributed by atoms with Crippen molar-refractivity contribution in [1.82, 2.24) is 4.90 Å². The molecule has 1 heterocycles. The normalized spacial score (nSPS) is 18.4. The Balaban J connectivity index is 2.14. The summed E-state index contributed by atoms with van der Waals surface area (Å²) in [7, 11) is 0. The van der Waals surface area contributed by atoms with E-state index in [4.69, 9.17) is 0 Å². The van der Waals surface area contributed by atoms with Gasteiger partial charge in [-0.2, -0.15) is 0 Å². The summed E-state index contributed by atoms with van der Waals surface area (Å²) in [4.78, 5) is 24.8. The van der Waals surface area contributed by atoms with Gasteiger partial charge in [0.2, 0.25) is 5.91 Å². The van der Waals surface area contributed by atoms with Crippen LogP contribution in [0.25, 0.3) is 0 Å². The third-order valence-corrected chi connectivity index (χ3v) is 3.33. The average molecular weight is 231 g/mol. The zero-order valence-corrected chi connectivity index (χ0v) is 10.3. The Kier molecular flexibility index (Phi) is 3.27. The van der Waals surface area contributed by atoms with Crippen molar-refractivity contribution in [2.75, 3.05) is 6.54 Å². The molecule has 3 heteroatoms. The Morgan fingerprint density at radius 3 is 2.41 bits per heavy atom. The number of hydrogen-bond acceptors (Lipinski definition) is 2. The number of benzene rings is 1. The summed E-state index contributed by atoms with van der Waals surface area (Å²) < 4.78 is 0. The SMILES string of the molecule is Cc1ccc(C(C)N2CCC(=O)CC2=O)cc1. The van der Waals surface area contributed by atoms with Gasteiger partial charge in [-0.1, -0.05) is 29.8 Å². The van der Waals surface area contributed by atoms with E-state index < -0.39 is 0 Å². The summed E-state index contributed by atoms with van der Waals surface area (Å²) in [5.74, 6) is 0.0108. The lowest BCUT2D eigenvalue weighted by molar-refractivity contribution is -0.141. The number of carbonyl (C=O) groups excluding carboxylic acids is 2. The zero-order valence-electron chi connectivity index (χ0n) is 10.3. The topological polar surface area (TPSA) is 37.4 Å². The molecule has 1 saturated heterocycles. The molecule has 3 nitrogen and oxygen atoms in total. The Bertz CT molecular complexity index is 436. The fourth-order valence-corrected chi connectivity index (χ4v) is 2.16. The molecule has 0 spiro atoms. The fourth-order valence-electron chi connectivity index (χ4n) is 2.16. The molecule has 1 aliphatic heterocycles. The summed E-state index contributed by atoms with van der Waals surface area (Å²) in [6.45, 7) is 4.60. The van der Waals surface area contributed by atoms with E-state index >= 15 is 0 Å². The molecule has 1 aromatic carbocycles. The van der Waals surface area contributed by atoms with Gasteiger partial charge in [-0.25, -0.2) is 0 Å². The van der Waals surface area contributed by atoms with Crippen LogP contribution >= 0.6 is 0 Å². The maximum Gasteiger partial charge on any atom is 0.230 e. The number of piperidine rings is 1. The molecule has 1 atom stereocenters. The first-order chi connectivity index (χ1) is 8.08. The number of carbonyl (C=O) groups is 2. The summed E-state index contributed by atoms with van der Waals surface area (Å²) in [6.07, 6.45) is 0.554. The van der Waals surface area contributed by atoms with Gasteiger partial charge >= 0.3 is 0 Å². The molecule has 0 radical (unpaired) electrons. The Morgan fingerprint density at radius 2 is 1.82 bits per heavy atom. The van der Waals surface area contributed by atoms with E-state index in [0.717, 1.165) is 5.56 Å². The Morgan fingerprint density at radius 1 is 1.18 bits per heavy atom. The molecule has 1 unspecified atom stereocenters. The molecule has 0 N–H and O–H groups in total. The standard InChI is InChI=1S/C14H17NO2/c1-10-3-5-12(6-4-10)11(2)15-8-7-13(16)9-14(15)17/h3-6,11H,7-9H2,1-2H3. The van der Waals surface area contributed by atoms with E-state index in [9.17, 15) is 9.59 Å². The van der Waals surface area contributed by atoms with Gasteiger partial charge in [-0.3, -0.25) is 9.59 Å². The van der Waals surface area contributed by atoms with E-state index in [2.05, 4.69) is 0 Å². The monoisotopic (exact) mass is 231 g/mol. The second-order valence-electron chi connectivity index (χ2n) is 4.64. The summed E-state index contributed by atoms with van der Waals surface area (Å²) in [5.41, 5.74) is 2.33. The lowest BCUT2D eigenvalue weighted by Crippen LogP contribution is -2.40. The van der Waals surface area contributed by atoms with Crippen LogP contribution in [-0.2, 0) is 9.59 Å². The molecule has 1 aromatic rings. The van der Waals surface area contributed by atoms with Gasteiger partial charge in [0.25, 0.3) is 0 Å². The molecular weight excluding hydrogens is 214 g/mol. The fraction of sp³-hybridized carbons (Fsp3) is 0.429. The molecule has 2 rings (SSSR count). The van der Waals surface area contributed by atoms with Crippen molar-refractivity contribution in [3.05, 3.63) is 35.4 Å². The van der Waals surface area contributed by atoms with Crippen LogP contribution in [0, 0.1) is 6.92 Å². The van der Waals surface area contributed by atoms with Crippen LogP contribution in [0.15, 0.2) is 24.3 Å². The third-order valence-electron chi connectivity index (χ3n) is 3.33. The maximum atomic E-state index is 11.8. The third kappa shape index (κ3) is 2.54. The zero-order chi connectivity index (χ0) is 12.4. The Labute approximate surface area is 101 Å². The number of hydrogen-bond donors (Lipinski definition) is 0. The van der Waals surface area contributed by atoms with Crippen LogP contribution in [0.3, 0.4) is 0 Å². The number of Topliss-reactive ketones (excluding diaryl/α,β-unsaturated/α-hetero) is 1. The van der Waals surface area contributed by atoms with Gasteiger partial charge < -0.3 is 4.90 Å². The first-order valence-corrected chi connectivity index (χ1v) is 5.95. The van der Waals surface area contributed by atoms with E-state index in [1.54, 1.807) is 4.90 Å². The number of rotatable bonds is 2. The van der Waals surface area contributed by atoms with Crippen LogP contribution in [-0.4, -0.2) is 23.1 Å². The molecule has 1 amide bonds. The highest BCUT2D eigenvalue weighted by molar-refractivity contribution is 6.00. The Hall–Kier alpha value is -1.64. The predicted molar refractivity (Wildman–Crippen MR) is 65.5 cm³/mol. The van der Waals surface area contributed by atoms with Gasteiger partial charge in [-0.05, 0) is 19.4 Å². The highest BCUT2D eigenvalue weighted by Gasteiger charge is 2.27. The minimum absolute atomic E-state index is 0.0469. The highest BCUT2D eigenvalue weighted by atomic mass is 16.2. The van der Waals surface area contributed by atoms with Crippen LogP contribution < -0.4 is 0 Å². The van der Waals surface area contributed by atoms with Crippen molar-refractivity contribution in [3.63, 3.8) is 0 Å². The maximum absolute atomic E-state index is 11.8. The quantitative estimate of drug-likeness (QED) is 0.732. The van der Waals surface area contributed by atoms with Crippen LogP contribution in [0.4, 0.5) is 0 Å². The number of likely N-dealkylation sites (tertiary alicyclic amines) is 1. The number of amides is 1. The van der Waals surface area contributed by atoms with Crippen molar-refractivity contribution in [1.29, 1.82) is 0 Å². The average Bonchev–Trinajstić information content (AvgIpc) is 2.29. The first-order valence-electron chi connectivity index (χ1n) is 5.95. The molecule has 1 fully saturated rings. The lowest BCUT2D eigenvalue weighted by atomic mass is 10.0. The van der Waals surface area contributed by atoms with Gasteiger partial charge in [0.05, 0.1) is 12.5 Å². The molecule has 90 valence electrons. The van der Waals surface area contributed by atoms with Crippen molar-refractivity contribution >= 4 is 11.7 Å². The van der Waals surface area contributed by atoms with Gasteiger partial charge in [0.15, 0.2) is 0 Å². The molecule has 0 aliphatic carbocycles. The minimum Gasteiger partial charge on any atom is -0.335 e. The van der Waals surface area contributed by atoms with Gasteiger partial charge in [0, 0.05) is 13.0 Å². The number of aryl methyl sites for hydroxylation is 1. The smallest absolute Gasteiger partial charge is 0.230 e. The minimum atomic E-state index is -0.0469. The largest absolute Gasteiger partial charge is 0.335 e. The van der Waals surface area contributed by atoms with E-state index in [1.807, 2.05) is 38.1 Å². The molecule has 0 aromatic heterocycles. The number of nitrogens with zero attached hydrogens (tertiary/aromatic N) is 1. The predicted octanol–water partition coefficient (Wildman–Crippen LogP) is 2.25. The summed E-state index contributed by atoms with van der Waals surface area (Å²) in [6, 6.07) is 8.24. The van der Waals surface area contributed by atoms with Crippen LogP contribution in [0.1, 0.15) is 36.9 Å². The second kappa shape index (κ2) is 4.70. The number of ketones is 1. The summed E-state index contributed by atoms with van der Waals surface area (Å²) in [5, 5.41) is 0. The van der Waals surface area contributed by atoms with E-state index in [1.165, 1.54) is 5.56 Å². The van der Waals surface area contributed by atoms with Crippen molar-refractivity contribution in [2.45, 2.75) is 32.7 Å². The van der Waals surface area contributed by atoms with E-state index in [0.29, 0.717) is 13.0 Å². The van der Waals surface area contributed by atoms with Gasteiger partial charge in [-0.15, -0.1) is 0 Å². The van der Waals surface area contributed by atoms with Crippen molar-refractivity contribution in [3.8, 4) is 0 Å². The molecule has 0 saturated carbocycles. The lowest BCUT2D eigenvalue weighted by Gasteiger charge is -2.32. The molecular formula is C14H17NO2. The summed E-state index contributed by atoms with van der Waals surface area (Å²) >= 11 is 0. The van der Waals surface area contributed by atoms with Crippen LogP contribution in [0.5, 0.6) is 0 Å². The molecule has 1 aliphatic rings.